The second kappa shape index (κ2) is 6.07. The van der Waals surface area contributed by atoms with Crippen LogP contribution in [0, 0.1) is 11.3 Å². The Kier molecular flexibility index (Phi) is 4.42. The SMILES string of the molecule is CC(C)(C)NCCc1nnc(-c2ccc(C#N)cn2)s1. The third-order valence-corrected chi connectivity index (χ3v) is 3.58. The summed E-state index contributed by atoms with van der Waals surface area (Å²) in [7, 11) is 0. The molecule has 2 aromatic rings. The summed E-state index contributed by atoms with van der Waals surface area (Å²) in [5, 5.41) is 22.3. The monoisotopic (exact) mass is 287 g/mol. The fourth-order valence-corrected chi connectivity index (χ4v) is 2.41. The molecule has 0 aromatic carbocycles. The van der Waals surface area contributed by atoms with Gasteiger partial charge in [0.1, 0.15) is 16.8 Å². The Hall–Kier alpha value is -1.84. The van der Waals surface area contributed by atoms with Crippen LogP contribution in [0.15, 0.2) is 18.3 Å². The third-order valence-electron chi connectivity index (χ3n) is 2.57. The van der Waals surface area contributed by atoms with Gasteiger partial charge < -0.3 is 5.32 Å². The zero-order valence-electron chi connectivity index (χ0n) is 11.8. The van der Waals surface area contributed by atoms with E-state index in [0.29, 0.717) is 5.56 Å². The van der Waals surface area contributed by atoms with Crippen LogP contribution in [0.3, 0.4) is 0 Å². The van der Waals surface area contributed by atoms with Crippen molar-refractivity contribution in [1.29, 1.82) is 5.26 Å². The second-order valence-electron chi connectivity index (χ2n) is 5.47. The summed E-state index contributed by atoms with van der Waals surface area (Å²) >= 11 is 1.54. The van der Waals surface area contributed by atoms with E-state index in [-0.39, 0.29) is 5.54 Å². The van der Waals surface area contributed by atoms with E-state index in [1.165, 1.54) is 0 Å². The molecule has 0 spiro atoms. The predicted octanol–water partition coefficient (Wildman–Crippen LogP) is 2.40. The molecule has 0 aliphatic carbocycles. The summed E-state index contributed by atoms with van der Waals surface area (Å²) in [6, 6.07) is 5.59. The maximum absolute atomic E-state index is 8.74. The number of aromatic nitrogens is 3. The van der Waals surface area contributed by atoms with Gasteiger partial charge in [-0.1, -0.05) is 11.3 Å². The molecule has 20 heavy (non-hydrogen) atoms. The molecule has 0 atom stereocenters. The van der Waals surface area contributed by atoms with Crippen molar-refractivity contribution in [2.24, 2.45) is 0 Å². The van der Waals surface area contributed by atoms with Crippen molar-refractivity contribution in [3.05, 3.63) is 28.9 Å². The predicted molar refractivity (Wildman–Crippen MR) is 79.3 cm³/mol. The van der Waals surface area contributed by atoms with E-state index >= 15 is 0 Å². The van der Waals surface area contributed by atoms with Crippen molar-refractivity contribution in [1.82, 2.24) is 20.5 Å². The van der Waals surface area contributed by atoms with Gasteiger partial charge in [-0.2, -0.15) is 5.26 Å². The van der Waals surface area contributed by atoms with Crippen LogP contribution >= 0.6 is 11.3 Å². The minimum atomic E-state index is 0.113. The zero-order valence-corrected chi connectivity index (χ0v) is 12.7. The number of pyridine rings is 1. The Labute approximate surface area is 122 Å². The Morgan fingerprint density at radius 3 is 2.70 bits per heavy atom. The van der Waals surface area contributed by atoms with E-state index in [4.69, 9.17) is 5.26 Å². The molecule has 0 radical (unpaired) electrons. The summed E-state index contributed by atoms with van der Waals surface area (Å²) in [6.07, 6.45) is 2.41. The van der Waals surface area contributed by atoms with Crippen LogP contribution in [0.25, 0.3) is 10.7 Å². The van der Waals surface area contributed by atoms with Gasteiger partial charge in [-0.05, 0) is 32.9 Å². The van der Waals surface area contributed by atoms with Crippen molar-refractivity contribution in [2.45, 2.75) is 32.7 Å². The first-order chi connectivity index (χ1) is 9.48. The number of nitrogens with zero attached hydrogens (tertiary/aromatic N) is 4. The second-order valence-corrected chi connectivity index (χ2v) is 6.53. The van der Waals surface area contributed by atoms with Gasteiger partial charge in [-0.3, -0.25) is 4.98 Å². The van der Waals surface area contributed by atoms with Crippen LogP contribution in [-0.4, -0.2) is 27.3 Å². The highest BCUT2D eigenvalue weighted by Crippen LogP contribution is 2.21. The molecule has 0 saturated heterocycles. The molecule has 0 amide bonds. The lowest BCUT2D eigenvalue weighted by molar-refractivity contribution is 0.429. The summed E-state index contributed by atoms with van der Waals surface area (Å²) in [5.41, 5.74) is 1.42. The highest BCUT2D eigenvalue weighted by atomic mass is 32.1. The fraction of sp³-hybridized carbons (Fsp3) is 0.429. The third kappa shape index (κ3) is 4.08. The van der Waals surface area contributed by atoms with Crippen LogP contribution in [0.4, 0.5) is 0 Å². The van der Waals surface area contributed by atoms with Gasteiger partial charge in [-0.25, -0.2) is 0 Å². The molecular weight excluding hydrogens is 270 g/mol. The maximum atomic E-state index is 8.74. The molecule has 1 N–H and O–H groups in total. The first-order valence-corrected chi connectivity index (χ1v) is 7.23. The normalized spacial score (nSPS) is 11.3. The fourth-order valence-electron chi connectivity index (χ4n) is 1.59. The summed E-state index contributed by atoms with van der Waals surface area (Å²) in [6.45, 7) is 7.29. The van der Waals surface area contributed by atoms with E-state index < -0.39 is 0 Å². The molecule has 0 fully saturated rings. The van der Waals surface area contributed by atoms with Gasteiger partial charge in [0, 0.05) is 24.7 Å². The number of nitrogens with one attached hydrogen (secondary N) is 1. The maximum Gasteiger partial charge on any atom is 0.166 e. The lowest BCUT2D eigenvalue weighted by atomic mass is 10.1. The molecule has 0 aliphatic heterocycles. The smallest absolute Gasteiger partial charge is 0.166 e. The molecule has 0 unspecified atom stereocenters. The van der Waals surface area contributed by atoms with Crippen molar-refractivity contribution in [3.8, 4) is 16.8 Å². The summed E-state index contributed by atoms with van der Waals surface area (Å²) < 4.78 is 0. The molecular formula is C14H17N5S. The molecule has 104 valence electrons. The number of nitriles is 1. The Morgan fingerprint density at radius 2 is 2.10 bits per heavy atom. The topological polar surface area (TPSA) is 74.5 Å². The minimum absolute atomic E-state index is 0.113. The zero-order chi connectivity index (χ0) is 14.6. The van der Waals surface area contributed by atoms with Gasteiger partial charge in [0.15, 0.2) is 5.01 Å². The first-order valence-electron chi connectivity index (χ1n) is 6.42. The molecule has 2 rings (SSSR count). The number of rotatable bonds is 4. The van der Waals surface area contributed by atoms with Gasteiger partial charge in [0.05, 0.1) is 5.56 Å². The minimum Gasteiger partial charge on any atom is -0.312 e. The molecule has 5 nitrogen and oxygen atoms in total. The summed E-state index contributed by atoms with van der Waals surface area (Å²) in [5.74, 6) is 0. The average molecular weight is 287 g/mol. The molecule has 0 aliphatic rings. The van der Waals surface area contributed by atoms with Crippen molar-refractivity contribution < 1.29 is 0 Å². The number of hydrogen-bond acceptors (Lipinski definition) is 6. The quantitative estimate of drug-likeness (QED) is 0.934. The molecule has 2 heterocycles. The molecule has 0 bridgehead atoms. The highest BCUT2D eigenvalue weighted by Gasteiger charge is 2.11. The largest absolute Gasteiger partial charge is 0.312 e. The van der Waals surface area contributed by atoms with Crippen LogP contribution in [0.1, 0.15) is 31.3 Å². The van der Waals surface area contributed by atoms with Crippen LogP contribution in [-0.2, 0) is 6.42 Å². The van der Waals surface area contributed by atoms with E-state index in [1.807, 2.05) is 6.07 Å². The number of hydrogen-bond donors (Lipinski definition) is 1. The lowest BCUT2D eigenvalue weighted by Crippen LogP contribution is -2.37. The Morgan fingerprint density at radius 1 is 1.30 bits per heavy atom. The van der Waals surface area contributed by atoms with E-state index in [0.717, 1.165) is 28.7 Å². The van der Waals surface area contributed by atoms with Gasteiger partial charge in [0.25, 0.3) is 0 Å². The van der Waals surface area contributed by atoms with Gasteiger partial charge in [0.2, 0.25) is 0 Å². The van der Waals surface area contributed by atoms with Gasteiger partial charge in [-0.15, -0.1) is 10.2 Å². The van der Waals surface area contributed by atoms with E-state index in [9.17, 15) is 0 Å². The molecule has 0 saturated carbocycles. The van der Waals surface area contributed by atoms with Crippen molar-refractivity contribution in [2.75, 3.05) is 6.54 Å². The Bertz CT molecular complexity index is 604. The Balaban J connectivity index is 1.99. The first kappa shape index (κ1) is 14.6. The van der Waals surface area contributed by atoms with Crippen molar-refractivity contribution in [3.63, 3.8) is 0 Å². The highest BCUT2D eigenvalue weighted by molar-refractivity contribution is 7.14. The van der Waals surface area contributed by atoms with E-state index in [2.05, 4.69) is 41.3 Å². The van der Waals surface area contributed by atoms with E-state index in [1.54, 1.807) is 29.7 Å². The average Bonchev–Trinajstić information content (AvgIpc) is 2.86. The van der Waals surface area contributed by atoms with Crippen molar-refractivity contribution >= 4 is 11.3 Å². The standard InChI is InChI=1S/C14H17N5S/c1-14(2,3)17-7-6-12-18-19-13(20-12)11-5-4-10(8-15)9-16-11/h4-5,9,17H,6-7H2,1-3H3. The lowest BCUT2D eigenvalue weighted by Gasteiger charge is -2.19. The molecule has 2 aromatic heterocycles. The van der Waals surface area contributed by atoms with Crippen LogP contribution in [0.5, 0.6) is 0 Å². The van der Waals surface area contributed by atoms with Crippen LogP contribution < -0.4 is 5.32 Å². The summed E-state index contributed by atoms with van der Waals surface area (Å²) in [4.78, 5) is 4.22. The molecule has 6 heteroatoms. The van der Waals surface area contributed by atoms with Crippen LogP contribution in [0.2, 0.25) is 0 Å². The van der Waals surface area contributed by atoms with Gasteiger partial charge >= 0.3 is 0 Å².